The Morgan fingerprint density at radius 1 is 1.19 bits per heavy atom. The molecule has 0 atom stereocenters. The summed E-state index contributed by atoms with van der Waals surface area (Å²) in [5.41, 5.74) is 1.16. The second-order valence-electron chi connectivity index (χ2n) is 4.69. The van der Waals surface area contributed by atoms with E-state index >= 15 is 0 Å². The van der Waals surface area contributed by atoms with Crippen molar-refractivity contribution in [1.29, 1.82) is 0 Å². The Hall–Kier alpha value is -2.11. The third-order valence-electron chi connectivity index (χ3n) is 3.10. The first kappa shape index (κ1) is 15.3. The summed E-state index contributed by atoms with van der Waals surface area (Å²) in [6.07, 6.45) is 2.90. The van der Waals surface area contributed by atoms with Crippen molar-refractivity contribution in [3.05, 3.63) is 47.0 Å². The van der Waals surface area contributed by atoms with E-state index in [4.69, 9.17) is 0 Å². The van der Waals surface area contributed by atoms with Crippen molar-refractivity contribution in [2.75, 3.05) is 0 Å². The molecule has 0 N–H and O–H groups in total. The third kappa shape index (κ3) is 3.15. The number of hydrogen-bond donors (Lipinski definition) is 0. The molecule has 0 radical (unpaired) electrons. The van der Waals surface area contributed by atoms with Gasteiger partial charge in [-0.05, 0) is 31.0 Å². The Balaban J connectivity index is 2.50. The Kier molecular flexibility index (Phi) is 4.77. The van der Waals surface area contributed by atoms with E-state index in [9.17, 15) is 18.0 Å². The van der Waals surface area contributed by atoms with Crippen LogP contribution in [0.1, 0.15) is 31.2 Å². The van der Waals surface area contributed by atoms with Gasteiger partial charge in [0.05, 0.1) is 5.69 Å². The molecule has 1 heterocycles. The van der Waals surface area contributed by atoms with Gasteiger partial charge in [0.2, 0.25) is 0 Å². The van der Waals surface area contributed by atoms with Crippen molar-refractivity contribution in [2.45, 2.75) is 32.6 Å². The summed E-state index contributed by atoms with van der Waals surface area (Å²) in [4.78, 5) is 10.5. The van der Waals surface area contributed by atoms with Crippen LogP contribution in [0.15, 0.2) is 18.2 Å². The van der Waals surface area contributed by atoms with Crippen LogP contribution in [-0.2, 0) is 17.6 Å². The fourth-order valence-corrected chi connectivity index (χ4v) is 2.13. The maximum absolute atomic E-state index is 13.9. The van der Waals surface area contributed by atoms with Gasteiger partial charge in [-0.2, -0.15) is 5.10 Å². The van der Waals surface area contributed by atoms with Gasteiger partial charge in [-0.3, -0.25) is 0 Å². The summed E-state index contributed by atoms with van der Waals surface area (Å²) in [6, 6.07) is 3.76. The first-order chi connectivity index (χ1) is 10.1. The van der Waals surface area contributed by atoms with E-state index in [0.717, 1.165) is 30.5 Å². The molecule has 0 saturated carbocycles. The van der Waals surface area contributed by atoms with Crippen molar-refractivity contribution in [1.82, 2.24) is 9.78 Å². The number of carbonyl (C=O) groups is 1. The van der Waals surface area contributed by atoms with Crippen LogP contribution in [0.2, 0.25) is 0 Å². The van der Waals surface area contributed by atoms with Crippen LogP contribution in [0.25, 0.3) is 5.69 Å². The molecule has 0 amide bonds. The second kappa shape index (κ2) is 6.56. The Morgan fingerprint density at radius 2 is 1.95 bits per heavy atom. The fraction of sp³-hybridized carbons (Fsp3) is 0.333. The molecule has 0 fully saturated rings. The molecule has 2 aromatic rings. The number of nitrogens with zero attached hydrogens (tertiary/aromatic N) is 2. The van der Waals surface area contributed by atoms with Gasteiger partial charge in [0.25, 0.3) is 0 Å². The number of aromatic nitrogens is 2. The molecule has 112 valence electrons. The quantitative estimate of drug-likeness (QED) is 0.605. The number of carbonyl (C=O) groups excluding carboxylic acids is 1. The number of halogens is 3. The van der Waals surface area contributed by atoms with Crippen LogP contribution in [0.5, 0.6) is 0 Å². The highest BCUT2D eigenvalue weighted by Crippen LogP contribution is 2.21. The minimum Gasteiger partial charge on any atom is -0.303 e. The summed E-state index contributed by atoms with van der Waals surface area (Å²) in [5.74, 6) is -4.05. The average Bonchev–Trinajstić information content (AvgIpc) is 2.86. The molecule has 2 rings (SSSR count). The van der Waals surface area contributed by atoms with Gasteiger partial charge in [0.1, 0.15) is 12.0 Å². The summed E-state index contributed by atoms with van der Waals surface area (Å²) in [5, 5.41) is 4.23. The van der Waals surface area contributed by atoms with E-state index in [1.807, 2.05) is 6.92 Å². The Labute approximate surface area is 120 Å². The maximum atomic E-state index is 13.9. The molecule has 0 aliphatic rings. The molecule has 0 saturated heterocycles. The zero-order valence-corrected chi connectivity index (χ0v) is 11.6. The van der Waals surface area contributed by atoms with E-state index in [-0.39, 0.29) is 12.1 Å². The van der Waals surface area contributed by atoms with Gasteiger partial charge in [-0.15, -0.1) is 0 Å². The molecule has 1 aromatic heterocycles. The molecule has 6 heteroatoms. The normalized spacial score (nSPS) is 10.9. The van der Waals surface area contributed by atoms with Crippen LogP contribution >= 0.6 is 0 Å². The van der Waals surface area contributed by atoms with Gasteiger partial charge in [-0.25, -0.2) is 17.9 Å². The monoisotopic (exact) mass is 296 g/mol. The molecule has 1 aromatic carbocycles. The molecule has 0 unspecified atom stereocenters. The lowest BCUT2D eigenvalue weighted by atomic mass is 10.2. The summed E-state index contributed by atoms with van der Waals surface area (Å²) in [6.45, 7) is 1.97. The highest BCUT2D eigenvalue weighted by molar-refractivity contribution is 5.50. The predicted molar refractivity (Wildman–Crippen MR) is 71.8 cm³/mol. The van der Waals surface area contributed by atoms with Crippen molar-refractivity contribution in [2.24, 2.45) is 0 Å². The predicted octanol–water partition coefficient (Wildman–Crippen LogP) is 3.37. The van der Waals surface area contributed by atoms with Crippen molar-refractivity contribution >= 4 is 6.29 Å². The van der Waals surface area contributed by atoms with Crippen molar-refractivity contribution in [3.63, 3.8) is 0 Å². The van der Waals surface area contributed by atoms with Gasteiger partial charge in [0, 0.05) is 12.1 Å². The first-order valence-electron chi connectivity index (χ1n) is 6.73. The van der Waals surface area contributed by atoms with E-state index in [1.165, 1.54) is 4.68 Å². The van der Waals surface area contributed by atoms with Crippen molar-refractivity contribution < 1.29 is 18.0 Å². The molecule has 21 heavy (non-hydrogen) atoms. The zero-order chi connectivity index (χ0) is 15.4. The van der Waals surface area contributed by atoms with E-state index in [0.29, 0.717) is 18.5 Å². The number of aldehydes is 1. The largest absolute Gasteiger partial charge is 0.303 e. The molecule has 0 aliphatic carbocycles. The Morgan fingerprint density at radius 3 is 2.62 bits per heavy atom. The van der Waals surface area contributed by atoms with Gasteiger partial charge < -0.3 is 4.79 Å². The minimum atomic E-state index is -1.53. The van der Waals surface area contributed by atoms with E-state index in [1.54, 1.807) is 6.07 Å². The molecule has 0 spiro atoms. The molecule has 0 bridgehead atoms. The first-order valence-corrected chi connectivity index (χ1v) is 6.73. The van der Waals surface area contributed by atoms with Crippen LogP contribution in [-0.4, -0.2) is 16.1 Å². The maximum Gasteiger partial charge on any atom is 0.196 e. The molecule has 0 aliphatic heterocycles. The van der Waals surface area contributed by atoms with Crippen LogP contribution in [0.4, 0.5) is 13.2 Å². The van der Waals surface area contributed by atoms with Crippen LogP contribution in [0, 0.1) is 17.5 Å². The van der Waals surface area contributed by atoms with Gasteiger partial charge >= 0.3 is 0 Å². The number of rotatable bonds is 6. The smallest absolute Gasteiger partial charge is 0.196 e. The lowest BCUT2D eigenvalue weighted by molar-refractivity contribution is -0.107. The summed E-state index contributed by atoms with van der Waals surface area (Å²) >= 11 is 0. The standard InChI is InChI=1S/C15H15F3N2O/c1-2-4-10-9-11(5-3-8-21)20(19-10)13-7-6-12(16)14(17)15(13)18/h6-9H,2-5H2,1H3. The summed E-state index contributed by atoms with van der Waals surface area (Å²) in [7, 11) is 0. The van der Waals surface area contributed by atoms with Gasteiger partial charge in [0.15, 0.2) is 17.5 Å². The highest BCUT2D eigenvalue weighted by Gasteiger charge is 2.18. The molecule has 3 nitrogen and oxygen atoms in total. The fourth-order valence-electron chi connectivity index (χ4n) is 2.13. The lowest BCUT2D eigenvalue weighted by Gasteiger charge is -2.08. The SMILES string of the molecule is CCCc1cc(CCC=O)n(-c2ccc(F)c(F)c2F)n1. The van der Waals surface area contributed by atoms with Crippen LogP contribution in [0.3, 0.4) is 0 Å². The topological polar surface area (TPSA) is 34.9 Å². The average molecular weight is 296 g/mol. The van der Waals surface area contributed by atoms with Gasteiger partial charge in [-0.1, -0.05) is 13.3 Å². The second-order valence-corrected chi connectivity index (χ2v) is 4.69. The molecular weight excluding hydrogens is 281 g/mol. The molecular formula is C15H15F3N2O. The number of aryl methyl sites for hydroxylation is 2. The van der Waals surface area contributed by atoms with E-state index < -0.39 is 17.5 Å². The number of hydrogen-bond acceptors (Lipinski definition) is 2. The van der Waals surface area contributed by atoms with E-state index in [2.05, 4.69) is 5.10 Å². The lowest BCUT2D eigenvalue weighted by Crippen LogP contribution is -2.07. The summed E-state index contributed by atoms with van der Waals surface area (Å²) < 4.78 is 41.5. The third-order valence-corrected chi connectivity index (χ3v) is 3.10. The van der Waals surface area contributed by atoms with Crippen LogP contribution < -0.4 is 0 Å². The highest BCUT2D eigenvalue weighted by atomic mass is 19.2. The number of benzene rings is 1. The zero-order valence-electron chi connectivity index (χ0n) is 11.6. The van der Waals surface area contributed by atoms with Crippen molar-refractivity contribution in [3.8, 4) is 5.69 Å². The minimum absolute atomic E-state index is 0.155. The Bertz CT molecular complexity index is 653.